The SMILES string of the molecule is CN(CCCCCO)C(=O)CSc1ccc2c(c1)CCC2. The number of aliphatic hydroxyl groups excluding tert-OH is 1. The molecule has 0 fully saturated rings. The Hall–Kier alpha value is -1.00. The first-order valence-corrected chi connectivity index (χ1v) is 8.78. The molecule has 0 spiro atoms. The van der Waals surface area contributed by atoms with E-state index in [0.29, 0.717) is 5.75 Å². The van der Waals surface area contributed by atoms with Crippen LogP contribution in [0.2, 0.25) is 0 Å². The summed E-state index contributed by atoms with van der Waals surface area (Å²) in [7, 11) is 1.87. The Labute approximate surface area is 131 Å². The van der Waals surface area contributed by atoms with Crippen LogP contribution in [0.3, 0.4) is 0 Å². The molecule has 1 aliphatic carbocycles. The molecule has 0 saturated carbocycles. The van der Waals surface area contributed by atoms with Gasteiger partial charge in [-0.15, -0.1) is 11.8 Å². The van der Waals surface area contributed by atoms with Gasteiger partial charge in [-0.1, -0.05) is 6.07 Å². The van der Waals surface area contributed by atoms with Gasteiger partial charge in [0, 0.05) is 25.1 Å². The first kappa shape index (κ1) is 16.4. The largest absolute Gasteiger partial charge is 0.396 e. The van der Waals surface area contributed by atoms with Crippen molar-refractivity contribution >= 4 is 17.7 Å². The molecule has 1 amide bonds. The molecule has 1 aliphatic rings. The highest BCUT2D eigenvalue weighted by Gasteiger charge is 2.13. The maximum Gasteiger partial charge on any atom is 0.232 e. The second kappa shape index (κ2) is 8.44. The van der Waals surface area contributed by atoms with Gasteiger partial charge in [-0.3, -0.25) is 4.79 Å². The molecule has 0 aromatic heterocycles. The maximum atomic E-state index is 12.1. The van der Waals surface area contributed by atoms with E-state index in [1.807, 2.05) is 7.05 Å². The van der Waals surface area contributed by atoms with E-state index in [1.54, 1.807) is 16.7 Å². The standard InChI is InChI=1S/C17H25NO2S/c1-18(10-3-2-4-11-19)17(20)13-21-16-9-8-14-6-5-7-15(14)12-16/h8-9,12,19H,2-7,10-11,13H2,1H3. The predicted octanol–water partition coefficient (Wildman–Crippen LogP) is 2.89. The molecule has 0 radical (unpaired) electrons. The number of carbonyl (C=O) groups excluding carboxylic acids is 1. The number of aliphatic hydroxyl groups is 1. The zero-order chi connectivity index (χ0) is 15.1. The number of carbonyl (C=O) groups is 1. The topological polar surface area (TPSA) is 40.5 Å². The summed E-state index contributed by atoms with van der Waals surface area (Å²) in [6.07, 6.45) is 6.42. The van der Waals surface area contributed by atoms with E-state index < -0.39 is 0 Å². The molecule has 116 valence electrons. The Morgan fingerprint density at radius 2 is 2.05 bits per heavy atom. The zero-order valence-corrected chi connectivity index (χ0v) is 13.6. The van der Waals surface area contributed by atoms with Crippen molar-refractivity contribution in [3.63, 3.8) is 0 Å². The predicted molar refractivity (Wildman–Crippen MR) is 87.8 cm³/mol. The summed E-state index contributed by atoms with van der Waals surface area (Å²) in [6.45, 7) is 1.02. The van der Waals surface area contributed by atoms with Crippen molar-refractivity contribution in [2.24, 2.45) is 0 Å². The first-order valence-electron chi connectivity index (χ1n) is 7.80. The van der Waals surface area contributed by atoms with Gasteiger partial charge in [0.1, 0.15) is 0 Å². The molecular formula is C17H25NO2S. The molecule has 2 rings (SSSR count). The number of fused-ring (bicyclic) bond motifs is 1. The minimum atomic E-state index is 0.185. The number of unbranched alkanes of at least 4 members (excludes halogenated alkanes) is 2. The number of amides is 1. The fourth-order valence-corrected chi connectivity index (χ4v) is 3.56. The molecule has 1 aromatic rings. The molecule has 1 aromatic carbocycles. The van der Waals surface area contributed by atoms with Crippen molar-refractivity contribution in [2.45, 2.75) is 43.4 Å². The molecule has 0 unspecified atom stereocenters. The van der Waals surface area contributed by atoms with Crippen molar-refractivity contribution in [3.8, 4) is 0 Å². The van der Waals surface area contributed by atoms with Crippen LogP contribution in [0.4, 0.5) is 0 Å². The Morgan fingerprint density at radius 3 is 2.86 bits per heavy atom. The lowest BCUT2D eigenvalue weighted by Crippen LogP contribution is -2.29. The first-order chi connectivity index (χ1) is 10.2. The summed E-state index contributed by atoms with van der Waals surface area (Å²) in [5.74, 6) is 0.694. The van der Waals surface area contributed by atoms with E-state index in [4.69, 9.17) is 5.11 Å². The summed E-state index contributed by atoms with van der Waals surface area (Å²) in [5.41, 5.74) is 2.94. The maximum absolute atomic E-state index is 12.1. The Balaban J connectivity index is 1.73. The van der Waals surface area contributed by atoms with Crippen LogP contribution in [0.25, 0.3) is 0 Å². The summed E-state index contributed by atoms with van der Waals surface area (Å²) in [5, 5.41) is 8.73. The summed E-state index contributed by atoms with van der Waals surface area (Å²) in [6, 6.07) is 6.61. The molecule has 0 bridgehead atoms. The lowest BCUT2D eigenvalue weighted by atomic mass is 10.1. The molecule has 0 atom stereocenters. The molecule has 0 saturated heterocycles. The lowest BCUT2D eigenvalue weighted by molar-refractivity contribution is -0.127. The highest BCUT2D eigenvalue weighted by Crippen LogP contribution is 2.27. The van der Waals surface area contributed by atoms with Crippen LogP contribution >= 0.6 is 11.8 Å². The minimum Gasteiger partial charge on any atom is -0.396 e. The highest BCUT2D eigenvalue weighted by molar-refractivity contribution is 8.00. The van der Waals surface area contributed by atoms with Gasteiger partial charge < -0.3 is 10.0 Å². The van der Waals surface area contributed by atoms with Crippen molar-refractivity contribution in [1.82, 2.24) is 4.90 Å². The molecule has 0 aliphatic heterocycles. The second-order valence-electron chi connectivity index (χ2n) is 5.67. The average molecular weight is 307 g/mol. The number of aryl methyl sites for hydroxylation is 2. The summed E-state index contributed by atoms with van der Waals surface area (Å²) in [4.78, 5) is 15.1. The van der Waals surface area contributed by atoms with Crippen molar-refractivity contribution < 1.29 is 9.90 Å². The molecular weight excluding hydrogens is 282 g/mol. The second-order valence-corrected chi connectivity index (χ2v) is 6.72. The fourth-order valence-electron chi connectivity index (χ4n) is 2.66. The van der Waals surface area contributed by atoms with Crippen molar-refractivity contribution in [1.29, 1.82) is 0 Å². The Morgan fingerprint density at radius 1 is 1.24 bits per heavy atom. The van der Waals surface area contributed by atoms with Crippen LogP contribution in [0, 0.1) is 0 Å². The van der Waals surface area contributed by atoms with Crippen LogP contribution in [-0.2, 0) is 17.6 Å². The van der Waals surface area contributed by atoms with E-state index in [9.17, 15) is 4.79 Å². The van der Waals surface area contributed by atoms with Gasteiger partial charge in [0.15, 0.2) is 0 Å². The van der Waals surface area contributed by atoms with Crippen LogP contribution in [0.1, 0.15) is 36.8 Å². The highest BCUT2D eigenvalue weighted by atomic mass is 32.2. The van der Waals surface area contributed by atoms with Gasteiger partial charge in [-0.25, -0.2) is 0 Å². The van der Waals surface area contributed by atoms with Crippen molar-refractivity contribution in [3.05, 3.63) is 29.3 Å². The van der Waals surface area contributed by atoms with E-state index >= 15 is 0 Å². The van der Waals surface area contributed by atoms with Gasteiger partial charge in [0.25, 0.3) is 0 Å². The summed E-state index contributed by atoms with van der Waals surface area (Å²) < 4.78 is 0. The third-order valence-corrected chi connectivity index (χ3v) is 4.99. The fraction of sp³-hybridized carbons (Fsp3) is 0.588. The molecule has 21 heavy (non-hydrogen) atoms. The lowest BCUT2D eigenvalue weighted by Gasteiger charge is -2.16. The van der Waals surface area contributed by atoms with Gasteiger partial charge in [-0.05, 0) is 61.8 Å². The van der Waals surface area contributed by atoms with Gasteiger partial charge >= 0.3 is 0 Å². The molecule has 4 heteroatoms. The number of hydrogen-bond acceptors (Lipinski definition) is 3. The van der Waals surface area contributed by atoms with Gasteiger partial charge in [0.2, 0.25) is 5.91 Å². The zero-order valence-electron chi connectivity index (χ0n) is 12.8. The molecule has 0 heterocycles. The van der Waals surface area contributed by atoms with E-state index in [1.165, 1.54) is 35.3 Å². The van der Waals surface area contributed by atoms with E-state index in [2.05, 4.69) is 18.2 Å². The van der Waals surface area contributed by atoms with Crippen LogP contribution in [0.15, 0.2) is 23.1 Å². The number of nitrogens with zero attached hydrogens (tertiary/aromatic N) is 1. The van der Waals surface area contributed by atoms with Crippen LogP contribution in [-0.4, -0.2) is 41.9 Å². The monoisotopic (exact) mass is 307 g/mol. The number of rotatable bonds is 8. The third-order valence-electron chi connectivity index (χ3n) is 4.01. The quantitative estimate of drug-likeness (QED) is 0.593. The van der Waals surface area contributed by atoms with Crippen LogP contribution < -0.4 is 0 Å². The average Bonchev–Trinajstić information content (AvgIpc) is 2.96. The van der Waals surface area contributed by atoms with Gasteiger partial charge in [0.05, 0.1) is 5.75 Å². The third kappa shape index (κ3) is 5.04. The summed E-state index contributed by atoms with van der Waals surface area (Å²) >= 11 is 1.64. The Bertz CT molecular complexity index is 476. The minimum absolute atomic E-state index is 0.185. The van der Waals surface area contributed by atoms with E-state index in [0.717, 1.165) is 25.8 Å². The van der Waals surface area contributed by atoms with Crippen molar-refractivity contribution in [2.75, 3.05) is 26.0 Å². The number of hydrogen-bond donors (Lipinski definition) is 1. The number of thioether (sulfide) groups is 1. The van der Waals surface area contributed by atoms with E-state index in [-0.39, 0.29) is 12.5 Å². The molecule has 1 N–H and O–H groups in total. The van der Waals surface area contributed by atoms with Gasteiger partial charge in [-0.2, -0.15) is 0 Å². The number of benzene rings is 1. The van der Waals surface area contributed by atoms with Crippen LogP contribution in [0.5, 0.6) is 0 Å². The molecule has 3 nitrogen and oxygen atoms in total. The normalized spacial score (nSPS) is 13.2. The Kier molecular flexibility index (Phi) is 6.58. The smallest absolute Gasteiger partial charge is 0.232 e.